The Hall–Kier alpha value is -2.07. The summed E-state index contributed by atoms with van der Waals surface area (Å²) < 4.78 is 24.3. The highest BCUT2D eigenvalue weighted by atomic mass is 19.1. The van der Waals surface area contributed by atoms with Crippen LogP contribution in [0.2, 0.25) is 0 Å². The zero-order chi connectivity index (χ0) is 15.2. The molecule has 0 radical (unpaired) electrons. The molecule has 2 aromatic rings. The van der Waals surface area contributed by atoms with Crippen LogP contribution in [0.3, 0.4) is 0 Å². The van der Waals surface area contributed by atoms with Crippen molar-refractivity contribution in [2.75, 3.05) is 19.5 Å². The van der Waals surface area contributed by atoms with E-state index in [-0.39, 0.29) is 11.9 Å². The molecule has 0 saturated carbocycles. The van der Waals surface area contributed by atoms with Crippen molar-refractivity contribution < 1.29 is 13.9 Å². The number of para-hydroxylation sites is 1. The van der Waals surface area contributed by atoms with Gasteiger partial charge < -0.3 is 14.8 Å². The van der Waals surface area contributed by atoms with E-state index < -0.39 is 0 Å². The summed E-state index contributed by atoms with van der Waals surface area (Å²) >= 11 is 0. The van der Waals surface area contributed by atoms with Gasteiger partial charge in [-0.3, -0.25) is 0 Å². The Balaban J connectivity index is 2.20. The molecular formula is C17H20FNO2. The Morgan fingerprint density at radius 2 is 1.90 bits per heavy atom. The van der Waals surface area contributed by atoms with Crippen LogP contribution < -0.4 is 10.1 Å². The fourth-order valence-corrected chi connectivity index (χ4v) is 2.24. The van der Waals surface area contributed by atoms with Crippen LogP contribution in [0.5, 0.6) is 5.75 Å². The Labute approximate surface area is 124 Å². The van der Waals surface area contributed by atoms with E-state index in [9.17, 15) is 4.39 Å². The van der Waals surface area contributed by atoms with Gasteiger partial charge in [0.25, 0.3) is 0 Å². The molecule has 0 bridgehead atoms. The fraction of sp³-hybridized carbons (Fsp3) is 0.294. The molecule has 1 atom stereocenters. The van der Waals surface area contributed by atoms with E-state index in [1.807, 2.05) is 31.2 Å². The Bertz CT molecular complexity index is 601. The van der Waals surface area contributed by atoms with Crippen LogP contribution in [0.1, 0.15) is 24.1 Å². The van der Waals surface area contributed by atoms with Gasteiger partial charge in [-0.25, -0.2) is 4.39 Å². The second-order valence-electron chi connectivity index (χ2n) is 4.84. The number of benzene rings is 2. The van der Waals surface area contributed by atoms with Crippen molar-refractivity contribution in [1.82, 2.24) is 0 Å². The van der Waals surface area contributed by atoms with Crippen molar-refractivity contribution in [3.63, 3.8) is 0 Å². The largest absolute Gasteiger partial charge is 0.497 e. The summed E-state index contributed by atoms with van der Waals surface area (Å²) in [5.74, 6) is 0.238. The van der Waals surface area contributed by atoms with Gasteiger partial charge in [0.2, 0.25) is 0 Å². The molecule has 1 unspecified atom stereocenters. The van der Waals surface area contributed by atoms with E-state index in [4.69, 9.17) is 9.47 Å². The number of nitrogens with one attached hydrogen (secondary N) is 1. The first-order valence-electron chi connectivity index (χ1n) is 6.82. The first-order valence-corrected chi connectivity index (χ1v) is 6.82. The minimum absolute atomic E-state index is 0.158. The minimum atomic E-state index is -0.279. The van der Waals surface area contributed by atoms with Gasteiger partial charge in [-0.1, -0.05) is 24.3 Å². The number of hydrogen-bond acceptors (Lipinski definition) is 3. The van der Waals surface area contributed by atoms with Crippen LogP contribution in [0.15, 0.2) is 42.5 Å². The van der Waals surface area contributed by atoms with Crippen molar-refractivity contribution in [3.8, 4) is 5.75 Å². The fourth-order valence-electron chi connectivity index (χ4n) is 2.24. The number of halogens is 1. The second-order valence-corrected chi connectivity index (χ2v) is 4.84. The Kier molecular flexibility index (Phi) is 5.17. The van der Waals surface area contributed by atoms with Crippen LogP contribution >= 0.6 is 0 Å². The molecule has 0 heterocycles. The van der Waals surface area contributed by atoms with Crippen molar-refractivity contribution in [2.24, 2.45) is 0 Å². The van der Waals surface area contributed by atoms with Crippen LogP contribution in [0, 0.1) is 5.82 Å². The summed E-state index contributed by atoms with van der Waals surface area (Å²) in [4.78, 5) is 0. The standard InChI is InChI=1S/C17H20FNO2/c1-12(15-9-8-14(21-3)10-16(15)18)19-17-7-5-4-6-13(17)11-20-2/h4-10,12,19H,11H2,1-3H3. The third kappa shape index (κ3) is 3.73. The quantitative estimate of drug-likeness (QED) is 0.866. The van der Waals surface area contributed by atoms with Gasteiger partial charge in [0.1, 0.15) is 11.6 Å². The summed E-state index contributed by atoms with van der Waals surface area (Å²) in [6, 6.07) is 12.6. The van der Waals surface area contributed by atoms with Crippen molar-refractivity contribution in [3.05, 3.63) is 59.4 Å². The highest BCUT2D eigenvalue weighted by molar-refractivity contribution is 5.52. The number of hydrogen-bond donors (Lipinski definition) is 1. The second kappa shape index (κ2) is 7.09. The van der Waals surface area contributed by atoms with E-state index >= 15 is 0 Å². The molecule has 112 valence electrons. The maximum absolute atomic E-state index is 14.1. The molecule has 2 rings (SSSR count). The minimum Gasteiger partial charge on any atom is -0.497 e. The maximum atomic E-state index is 14.1. The predicted molar refractivity (Wildman–Crippen MR) is 82.1 cm³/mol. The van der Waals surface area contributed by atoms with Crippen molar-refractivity contribution in [1.29, 1.82) is 0 Å². The third-order valence-corrected chi connectivity index (χ3v) is 3.36. The zero-order valence-corrected chi connectivity index (χ0v) is 12.5. The van der Waals surface area contributed by atoms with E-state index in [1.165, 1.54) is 13.2 Å². The molecule has 3 nitrogen and oxygen atoms in total. The molecule has 0 aliphatic carbocycles. The van der Waals surface area contributed by atoms with Gasteiger partial charge >= 0.3 is 0 Å². The predicted octanol–water partition coefficient (Wildman–Crippen LogP) is 4.15. The Morgan fingerprint density at radius 3 is 2.57 bits per heavy atom. The topological polar surface area (TPSA) is 30.5 Å². The highest BCUT2D eigenvalue weighted by Gasteiger charge is 2.13. The number of rotatable bonds is 6. The Morgan fingerprint density at radius 1 is 1.14 bits per heavy atom. The van der Waals surface area contributed by atoms with Crippen molar-refractivity contribution in [2.45, 2.75) is 19.6 Å². The molecule has 4 heteroatoms. The summed E-state index contributed by atoms with van der Waals surface area (Å²) in [5.41, 5.74) is 2.59. The van der Waals surface area contributed by atoms with Crippen LogP contribution in [-0.4, -0.2) is 14.2 Å². The van der Waals surface area contributed by atoms with Crippen LogP contribution in [0.25, 0.3) is 0 Å². The molecule has 0 aliphatic heterocycles. The average molecular weight is 289 g/mol. The molecule has 21 heavy (non-hydrogen) atoms. The van der Waals surface area contributed by atoms with E-state index in [0.29, 0.717) is 17.9 Å². The summed E-state index contributed by atoms with van der Waals surface area (Å²) in [7, 11) is 3.18. The van der Waals surface area contributed by atoms with Gasteiger partial charge in [-0.05, 0) is 19.1 Å². The monoisotopic (exact) mass is 289 g/mol. The molecule has 0 spiro atoms. The normalized spacial score (nSPS) is 12.0. The third-order valence-electron chi connectivity index (χ3n) is 3.36. The molecule has 0 aliphatic rings. The van der Waals surface area contributed by atoms with E-state index in [1.54, 1.807) is 19.2 Å². The molecule has 1 N–H and O–H groups in total. The molecule has 0 fully saturated rings. The molecular weight excluding hydrogens is 269 g/mol. The van der Waals surface area contributed by atoms with Gasteiger partial charge in [-0.2, -0.15) is 0 Å². The van der Waals surface area contributed by atoms with Gasteiger partial charge in [0, 0.05) is 30.0 Å². The van der Waals surface area contributed by atoms with Crippen LogP contribution in [-0.2, 0) is 11.3 Å². The van der Waals surface area contributed by atoms with Gasteiger partial charge in [-0.15, -0.1) is 0 Å². The molecule has 0 amide bonds. The molecule has 0 aromatic heterocycles. The summed E-state index contributed by atoms with van der Waals surface area (Å²) in [5, 5.41) is 3.33. The van der Waals surface area contributed by atoms with E-state index in [0.717, 1.165) is 11.3 Å². The lowest BCUT2D eigenvalue weighted by molar-refractivity contribution is 0.185. The summed E-state index contributed by atoms with van der Waals surface area (Å²) in [6.07, 6.45) is 0. The smallest absolute Gasteiger partial charge is 0.132 e. The van der Waals surface area contributed by atoms with Gasteiger partial charge in [0.15, 0.2) is 0 Å². The highest BCUT2D eigenvalue weighted by Crippen LogP contribution is 2.26. The van der Waals surface area contributed by atoms with Crippen LogP contribution in [0.4, 0.5) is 10.1 Å². The van der Waals surface area contributed by atoms with Gasteiger partial charge in [0.05, 0.1) is 19.8 Å². The number of ether oxygens (including phenoxy) is 2. The lowest BCUT2D eigenvalue weighted by atomic mass is 10.1. The molecule has 2 aromatic carbocycles. The summed E-state index contributed by atoms with van der Waals surface area (Å²) in [6.45, 7) is 2.44. The number of methoxy groups -OCH3 is 2. The lowest BCUT2D eigenvalue weighted by Crippen LogP contribution is -2.10. The average Bonchev–Trinajstić information content (AvgIpc) is 2.49. The zero-order valence-electron chi connectivity index (χ0n) is 12.5. The molecule has 0 saturated heterocycles. The SMILES string of the molecule is COCc1ccccc1NC(C)c1ccc(OC)cc1F. The first kappa shape index (κ1) is 15.3. The lowest BCUT2D eigenvalue weighted by Gasteiger charge is -2.19. The first-order chi connectivity index (χ1) is 10.2. The number of anilines is 1. The maximum Gasteiger partial charge on any atom is 0.132 e. The van der Waals surface area contributed by atoms with E-state index in [2.05, 4.69) is 5.32 Å². The van der Waals surface area contributed by atoms with Crippen molar-refractivity contribution >= 4 is 5.69 Å².